The van der Waals surface area contributed by atoms with Crippen LogP contribution in [0.25, 0.3) is 0 Å². The zero-order chi connectivity index (χ0) is 9.42. The van der Waals surface area contributed by atoms with E-state index in [9.17, 15) is 4.79 Å². The van der Waals surface area contributed by atoms with Crippen LogP contribution in [0, 0.1) is 5.92 Å². The standard InChI is InChI=1S/C9H11N3O/c1-5-2-7-6(8(13)3-5)4-11-9(10)12-7/h4-5H,2-3H2,1H3,(H2,10,11,12)/t5-/m1/s1. The molecule has 1 atom stereocenters. The molecule has 0 bridgehead atoms. The molecule has 0 fully saturated rings. The summed E-state index contributed by atoms with van der Waals surface area (Å²) in [6, 6.07) is 0. The van der Waals surface area contributed by atoms with Crippen LogP contribution in [0.15, 0.2) is 6.20 Å². The highest BCUT2D eigenvalue weighted by molar-refractivity contribution is 5.98. The van der Waals surface area contributed by atoms with Crippen molar-refractivity contribution in [3.8, 4) is 0 Å². The summed E-state index contributed by atoms with van der Waals surface area (Å²) in [5.41, 5.74) is 6.89. The van der Waals surface area contributed by atoms with Crippen LogP contribution in [-0.2, 0) is 6.42 Å². The molecular formula is C9H11N3O. The number of nitrogens with zero attached hydrogens (tertiary/aromatic N) is 2. The van der Waals surface area contributed by atoms with E-state index in [4.69, 9.17) is 5.73 Å². The van der Waals surface area contributed by atoms with Gasteiger partial charge in [0.25, 0.3) is 0 Å². The van der Waals surface area contributed by atoms with E-state index in [-0.39, 0.29) is 11.7 Å². The zero-order valence-corrected chi connectivity index (χ0v) is 7.45. The van der Waals surface area contributed by atoms with E-state index in [2.05, 4.69) is 9.97 Å². The number of anilines is 1. The molecule has 2 rings (SSSR count). The van der Waals surface area contributed by atoms with Gasteiger partial charge in [-0.3, -0.25) is 4.79 Å². The number of aromatic nitrogens is 2. The van der Waals surface area contributed by atoms with Gasteiger partial charge in [-0.15, -0.1) is 0 Å². The molecule has 68 valence electrons. The maximum absolute atomic E-state index is 11.5. The summed E-state index contributed by atoms with van der Waals surface area (Å²) in [4.78, 5) is 19.4. The fourth-order valence-corrected chi connectivity index (χ4v) is 1.65. The van der Waals surface area contributed by atoms with E-state index in [1.165, 1.54) is 6.20 Å². The third-order valence-electron chi connectivity index (χ3n) is 2.26. The lowest BCUT2D eigenvalue weighted by Gasteiger charge is -2.18. The molecule has 0 spiro atoms. The van der Waals surface area contributed by atoms with Crippen LogP contribution in [-0.4, -0.2) is 15.8 Å². The predicted octanol–water partition coefficient (Wildman–Crippen LogP) is 0.824. The molecule has 1 aromatic rings. The van der Waals surface area contributed by atoms with Gasteiger partial charge in [-0.2, -0.15) is 0 Å². The second-order valence-corrected chi connectivity index (χ2v) is 3.53. The molecule has 1 aromatic heterocycles. The largest absolute Gasteiger partial charge is 0.368 e. The Bertz CT molecular complexity index is 362. The van der Waals surface area contributed by atoms with E-state index in [0.29, 0.717) is 17.9 Å². The van der Waals surface area contributed by atoms with Gasteiger partial charge in [0.2, 0.25) is 5.95 Å². The second kappa shape index (κ2) is 2.80. The Hall–Kier alpha value is -1.45. The van der Waals surface area contributed by atoms with E-state index < -0.39 is 0 Å². The third-order valence-corrected chi connectivity index (χ3v) is 2.26. The number of hydrogen-bond acceptors (Lipinski definition) is 4. The number of carbonyl (C=O) groups is 1. The van der Waals surface area contributed by atoms with Crippen LogP contribution in [0.3, 0.4) is 0 Å². The highest BCUT2D eigenvalue weighted by atomic mass is 16.1. The molecule has 0 radical (unpaired) electrons. The minimum absolute atomic E-state index is 0.133. The van der Waals surface area contributed by atoms with Crippen molar-refractivity contribution in [2.45, 2.75) is 19.8 Å². The molecule has 1 aliphatic rings. The van der Waals surface area contributed by atoms with Crippen molar-refractivity contribution < 1.29 is 4.79 Å². The van der Waals surface area contributed by atoms with Crippen molar-refractivity contribution in [1.82, 2.24) is 9.97 Å². The maximum atomic E-state index is 11.5. The van der Waals surface area contributed by atoms with E-state index >= 15 is 0 Å². The molecular weight excluding hydrogens is 166 g/mol. The number of nitrogen functional groups attached to an aromatic ring is 1. The molecule has 1 heterocycles. The van der Waals surface area contributed by atoms with Crippen molar-refractivity contribution in [3.05, 3.63) is 17.5 Å². The topological polar surface area (TPSA) is 68.9 Å². The summed E-state index contributed by atoms with van der Waals surface area (Å²) < 4.78 is 0. The quantitative estimate of drug-likeness (QED) is 0.637. The first-order chi connectivity index (χ1) is 6.16. The van der Waals surface area contributed by atoms with Crippen LogP contribution >= 0.6 is 0 Å². The SMILES string of the molecule is C[C@H]1CC(=O)c2cnc(N)nc2C1. The predicted molar refractivity (Wildman–Crippen MR) is 48.3 cm³/mol. The maximum Gasteiger partial charge on any atom is 0.220 e. The summed E-state index contributed by atoms with van der Waals surface area (Å²) in [5.74, 6) is 0.753. The molecule has 0 aliphatic heterocycles. The average molecular weight is 177 g/mol. The number of fused-ring (bicyclic) bond motifs is 1. The van der Waals surface area contributed by atoms with Crippen LogP contribution in [0.1, 0.15) is 29.4 Å². The van der Waals surface area contributed by atoms with Crippen LogP contribution < -0.4 is 5.73 Å². The van der Waals surface area contributed by atoms with Gasteiger partial charge in [0.1, 0.15) is 0 Å². The Morgan fingerprint density at radius 2 is 2.31 bits per heavy atom. The van der Waals surface area contributed by atoms with Gasteiger partial charge in [0, 0.05) is 12.6 Å². The first-order valence-electron chi connectivity index (χ1n) is 4.31. The Morgan fingerprint density at radius 1 is 1.54 bits per heavy atom. The lowest BCUT2D eigenvalue weighted by molar-refractivity contribution is 0.0951. The van der Waals surface area contributed by atoms with Gasteiger partial charge in [-0.25, -0.2) is 9.97 Å². The lowest BCUT2D eigenvalue weighted by Crippen LogP contribution is -2.20. The van der Waals surface area contributed by atoms with E-state index in [1.54, 1.807) is 0 Å². The Morgan fingerprint density at radius 3 is 3.08 bits per heavy atom. The molecule has 4 nitrogen and oxygen atoms in total. The van der Waals surface area contributed by atoms with Gasteiger partial charge in [0.15, 0.2) is 5.78 Å². The van der Waals surface area contributed by atoms with Crippen molar-refractivity contribution in [2.75, 3.05) is 5.73 Å². The van der Waals surface area contributed by atoms with Crippen LogP contribution in [0.5, 0.6) is 0 Å². The monoisotopic (exact) mass is 177 g/mol. The molecule has 0 saturated heterocycles. The van der Waals surface area contributed by atoms with Crippen molar-refractivity contribution in [1.29, 1.82) is 0 Å². The summed E-state index contributed by atoms with van der Waals surface area (Å²) in [5, 5.41) is 0. The molecule has 0 aromatic carbocycles. The first kappa shape index (κ1) is 8.16. The fraction of sp³-hybridized carbons (Fsp3) is 0.444. The lowest BCUT2D eigenvalue weighted by atomic mass is 9.88. The number of nitrogens with two attached hydrogens (primary N) is 1. The summed E-state index contributed by atoms with van der Waals surface area (Å²) >= 11 is 0. The molecule has 0 amide bonds. The number of hydrogen-bond donors (Lipinski definition) is 1. The number of ketones is 1. The van der Waals surface area contributed by atoms with Crippen LogP contribution in [0.4, 0.5) is 5.95 Å². The number of rotatable bonds is 0. The molecule has 4 heteroatoms. The second-order valence-electron chi connectivity index (χ2n) is 3.53. The van der Waals surface area contributed by atoms with Gasteiger partial charge in [-0.1, -0.05) is 6.92 Å². The van der Waals surface area contributed by atoms with Crippen molar-refractivity contribution in [3.63, 3.8) is 0 Å². The van der Waals surface area contributed by atoms with Gasteiger partial charge in [-0.05, 0) is 12.3 Å². The minimum atomic E-state index is 0.133. The van der Waals surface area contributed by atoms with Gasteiger partial charge < -0.3 is 5.73 Å². The van der Waals surface area contributed by atoms with E-state index in [1.807, 2.05) is 6.92 Å². The zero-order valence-electron chi connectivity index (χ0n) is 7.45. The smallest absolute Gasteiger partial charge is 0.220 e. The number of carbonyl (C=O) groups excluding carboxylic acids is 1. The Kier molecular flexibility index (Phi) is 1.76. The van der Waals surface area contributed by atoms with Crippen LogP contribution in [0.2, 0.25) is 0 Å². The Balaban J connectivity index is 2.49. The van der Waals surface area contributed by atoms with Crippen molar-refractivity contribution in [2.24, 2.45) is 5.92 Å². The van der Waals surface area contributed by atoms with Gasteiger partial charge >= 0.3 is 0 Å². The molecule has 13 heavy (non-hydrogen) atoms. The summed E-state index contributed by atoms with van der Waals surface area (Å²) in [6.45, 7) is 2.04. The molecule has 0 saturated carbocycles. The highest BCUT2D eigenvalue weighted by Crippen LogP contribution is 2.23. The molecule has 0 unspecified atom stereocenters. The summed E-state index contributed by atoms with van der Waals surface area (Å²) in [6.07, 6.45) is 2.96. The third kappa shape index (κ3) is 1.39. The molecule has 2 N–H and O–H groups in total. The normalized spacial score (nSPS) is 21.3. The summed E-state index contributed by atoms with van der Waals surface area (Å²) in [7, 11) is 0. The number of Topliss-reactive ketones (excluding diaryl/α,β-unsaturated/α-hetero) is 1. The van der Waals surface area contributed by atoms with Gasteiger partial charge in [0.05, 0.1) is 11.3 Å². The Labute approximate surface area is 76.2 Å². The van der Waals surface area contributed by atoms with E-state index in [0.717, 1.165) is 12.1 Å². The van der Waals surface area contributed by atoms with Crippen molar-refractivity contribution >= 4 is 11.7 Å². The average Bonchev–Trinajstić information content (AvgIpc) is 2.02. The first-order valence-corrected chi connectivity index (χ1v) is 4.31. The fourth-order valence-electron chi connectivity index (χ4n) is 1.65. The minimum Gasteiger partial charge on any atom is -0.368 e. The molecule has 1 aliphatic carbocycles. The highest BCUT2D eigenvalue weighted by Gasteiger charge is 2.23.